The van der Waals surface area contributed by atoms with E-state index >= 15 is 0 Å². The molecule has 0 radical (unpaired) electrons. The van der Waals surface area contributed by atoms with Crippen molar-refractivity contribution >= 4 is 0 Å². The summed E-state index contributed by atoms with van der Waals surface area (Å²) in [7, 11) is 0. The monoisotopic (exact) mass is 169 g/mol. The van der Waals surface area contributed by atoms with Crippen LogP contribution < -0.4 is 11.1 Å². The Hall–Kier alpha value is -0.120. The van der Waals surface area contributed by atoms with E-state index in [0.717, 1.165) is 13.2 Å². The fourth-order valence-corrected chi connectivity index (χ4v) is 2.40. The largest absolute Gasteiger partial charge is 0.326 e. The number of nitrogens with zero attached hydrogens (tertiary/aromatic N) is 1. The van der Waals surface area contributed by atoms with Crippen LogP contribution in [-0.2, 0) is 0 Å². The van der Waals surface area contributed by atoms with Gasteiger partial charge in [0.1, 0.15) is 0 Å². The molecule has 1 saturated heterocycles. The number of nitrogens with two attached hydrogens (primary N) is 1. The lowest BCUT2D eigenvalue weighted by Crippen LogP contribution is -2.48. The van der Waals surface area contributed by atoms with Gasteiger partial charge in [0, 0.05) is 31.8 Å². The maximum atomic E-state index is 6.09. The fraction of sp³-hybridized carbons (Fsp3) is 1.00. The minimum absolute atomic E-state index is 0.429. The molecule has 3 nitrogen and oxygen atoms in total. The maximum absolute atomic E-state index is 6.09. The molecule has 2 fully saturated rings. The van der Waals surface area contributed by atoms with E-state index in [-0.39, 0.29) is 0 Å². The molecule has 1 heterocycles. The third kappa shape index (κ3) is 1.63. The number of hydrogen-bond donors (Lipinski definition) is 2. The van der Waals surface area contributed by atoms with E-state index < -0.39 is 0 Å². The second-order valence-electron chi connectivity index (χ2n) is 3.99. The van der Waals surface area contributed by atoms with Crippen LogP contribution in [0.25, 0.3) is 0 Å². The Morgan fingerprint density at radius 2 is 2.08 bits per heavy atom. The summed E-state index contributed by atoms with van der Waals surface area (Å²) in [6.45, 7) is 3.39. The summed E-state index contributed by atoms with van der Waals surface area (Å²) in [4.78, 5) is 2.50. The standard InChI is InChI=1S/C9H19N3/c10-8-3-1-2-4-9(8)12-6-5-11-7-12/h8-9,11H,1-7,10H2. The van der Waals surface area contributed by atoms with Gasteiger partial charge in [-0.1, -0.05) is 12.8 Å². The van der Waals surface area contributed by atoms with Crippen molar-refractivity contribution in [1.82, 2.24) is 10.2 Å². The van der Waals surface area contributed by atoms with Gasteiger partial charge >= 0.3 is 0 Å². The van der Waals surface area contributed by atoms with Crippen LogP contribution in [0.4, 0.5) is 0 Å². The molecular formula is C9H19N3. The van der Waals surface area contributed by atoms with E-state index in [2.05, 4.69) is 10.2 Å². The Kier molecular flexibility index (Phi) is 2.63. The van der Waals surface area contributed by atoms with Crippen molar-refractivity contribution in [2.45, 2.75) is 37.8 Å². The molecule has 70 valence electrons. The van der Waals surface area contributed by atoms with Gasteiger partial charge in [0.2, 0.25) is 0 Å². The summed E-state index contributed by atoms with van der Waals surface area (Å²) in [6.07, 6.45) is 5.23. The molecule has 0 amide bonds. The Labute approximate surface area is 74.3 Å². The zero-order valence-corrected chi connectivity index (χ0v) is 7.63. The third-order valence-electron chi connectivity index (χ3n) is 3.14. The molecular weight excluding hydrogens is 150 g/mol. The normalized spacial score (nSPS) is 38.8. The lowest BCUT2D eigenvalue weighted by Gasteiger charge is -2.35. The molecule has 2 rings (SSSR count). The third-order valence-corrected chi connectivity index (χ3v) is 3.14. The minimum atomic E-state index is 0.429. The molecule has 0 aromatic carbocycles. The molecule has 0 spiro atoms. The van der Waals surface area contributed by atoms with Crippen molar-refractivity contribution in [3.8, 4) is 0 Å². The van der Waals surface area contributed by atoms with Gasteiger partial charge in [0.05, 0.1) is 0 Å². The van der Waals surface area contributed by atoms with Crippen molar-refractivity contribution in [2.24, 2.45) is 5.73 Å². The molecule has 2 aliphatic rings. The minimum Gasteiger partial charge on any atom is -0.326 e. The summed E-state index contributed by atoms with van der Waals surface area (Å²) in [5.41, 5.74) is 6.09. The molecule has 12 heavy (non-hydrogen) atoms. The van der Waals surface area contributed by atoms with E-state index in [1.807, 2.05) is 0 Å². The van der Waals surface area contributed by atoms with E-state index in [0.29, 0.717) is 12.1 Å². The highest BCUT2D eigenvalue weighted by Gasteiger charge is 2.28. The molecule has 2 atom stereocenters. The summed E-state index contributed by atoms with van der Waals surface area (Å²) in [5, 5.41) is 3.36. The van der Waals surface area contributed by atoms with Gasteiger partial charge in [0.15, 0.2) is 0 Å². The number of nitrogens with one attached hydrogen (secondary N) is 1. The first-order chi connectivity index (χ1) is 5.88. The fourth-order valence-electron chi connectivity index (χ4n) is 2.40. The van der Waals surface area contributed by atoms with Crippen LogP contribution in [0.2, 0.25) is 0 Å². The van der Waals surface area contributed by atoms with Gasteiger partial charge < -0.3 is 11.1 Å². The number of rotatable bonds is 1. The van der Waals surface area contributed by atoms with Crippen LogP contribution in [0.5, 0.6) is 0 Å². The van der Waals surface area contributed by atoms with Crippen LogP contribution in [0.3, 0.4) is 0 Å². The highest BCUT2D eigenvalue weighted by atomic mass is 15.3. The summed E-state index contributed by atoms with van der Waals surface area (Å²) < 4.78 is 0. The predicted molar refractivity (Wildman–Crippen MR) is 49.8 cm³/mol. The van der Waals surface area contributed by atoms with Crippen LogP contribution >= 0.6 is 0 Å². The predicted octanol–water partition coefficient (Wildman–Crippen LogP) is 0.119. The zero-order valence-electron chi connectivity index (χ0n) is 7.63. The topological polar surface area (TPSA) is 41.3 Å². The van der Waals surface area contributed by atoms with E-state index in [1.165, 1.54) is 32.2 Å². The molecule has 2 unspecified atom stereocenters. The van der Waals surface area contributed by atoms with Gasteiger partial charge in [-0.05, 0) is 12.8 Å². The lowest BCUT2D eigenvalue weighted by molar-refractivity contribution is 0.167. The SMILES string of the molecule is NC1CCCCC1N1CCNC1. The first-order valence-corrected chi connectivity index (χ1v) is 5.08. The van der Waals surface area contributed by atoms with Gasteiger partial charge in [-0.3, -0.25) is 4.90 Å². The van der Waals surface area contributed by atoms with Crippen LogP contribution in [0, 0.1) is 0 Å². The van der Waals surface area contributed by atoms with Crippen LogP contribution in [0.1, 0.15) is 25.7 Å². The molecule has 1 aliphatic heterocycles. The maximum Gasteiger partial charge on any atom is 0.0484 e. The first kappa shape index (κ1) is 8.48. The Bertz CT molecular complexity index is 143. The molecule has 3 N–H and O–H groups in total. The van der Waals surface area contributed by atoms with E-state index in [4.69, 9.17) is 5.73 Å². The highest BCUT2D eigenvalue weighted by Crippen LogP contribution is 2.22. The van der Waals surface area contributed by atoms with Gasteiger partial charge in [0.25, 0.3) is 0 Å². The van der Waals surface area contributed by atoms with Crippen molar-refractivity contribution in [3.05, 3.63) is 0 Å². The van der Waals surface area contributed by atoms with Gasteiger partial charge in [-0.15, -0.1) is 0 Å². The molecule has 1 saturated carbocycles. The average Bonchev–Trinajstić information content (AvgIpc) is 2.57. The smallest absolute Gasteiger partial charge is 0.0484 e. The molecule has 3 heteroatoms. The molecule has 1 aliphatic carbocycles. The van der Waals surface area contributed by atoms with Crippen LogP contribution in [0.15, 0.2) is 0 Å². The quantitative estimate of drug-likeness (QED) is 0.586. The highest BCUT2D eigenvalue weighted by molar-refractivity contribution is 4.87. The second kappa shape index (κ2) is 3.73. The average molecular weight is 169 g/mol. The second-order valence-corrected chi connectivity index (χ2v) is 3.99. The first-order valence-electron chi connectivity index (χ1n) is 5.08. The van der Waals surface area contributed by atoms with E-state index in [9.17, 15) is 0 Å². The van der Waals surface area contributed by atoms with Crippen molar-refractivity contribution in [3.63, 3.8) is 0 Å². The van der Waals surface area contributed by atoms with Crippen LogP contribution in [-0.4, -0.2) is 36.7 Å². The Balaban J connectivity index is 1.91. The number of hydrogen-bond acceptors (Lipinski definition) is 3. The molecule has 0 aromatic heterocycles. The summed E-state index contributed by atoms with van der Waals surface area (Å²) >= 11 is 0. The van der Waals surface area contributed by atoms with E-state index in [1.54, 1.807) is 0 Å². The van der Waals surface area contributed by atoms with Gasteiger partial charge in [-0.25, -0.2) is 0 Å². The van der Waals surface area contributed by atoms with Gasteiger partial charge in [-0.2, -0.15) is 0 Å². The summed E-state index contributed by atoms with van der Waals surface area (Å²) in [6, 6.07) is 1.09. The molecule has 0 aromatic rings. The lowest BCUT2D eigenvalue weighted by atomic mass is 9.90. The molecule has 0 bridgehead atoms. The van der Waals surface area contributed by atoms with Crippen molar-refractivity contribution in [1.29, 1.82) is 0 Å². The Morgan fingerprint density at radius 3 is 2.75 bits per heavy atom. The summed E-state index contributed by atoms with van der Waals surface area (Å²) in [5.74, 6) is 0. The van der Waals surface area contributed by atoms with Crippen molar-refractivity contribution in [2.75, 3.05) is 19.8 Å². The van der Waals surface area contributed by atoms with Crippen molar-refractivity contribution < 1.29 is 0 Å². The zero-order chi connectivity index (χ0) is 8.39. The Morgan fingerprint density at radius 1 is 1.25 bits per heavy atom.